The summed E-state index contributed by atoms with van der Waals surface area (Å²) in [4.78, 5) is 20.0. The minimum atomic E-state index is -0.335. The number of thiophene rings is 1. The van der Waals surface area contributed by atoms with Gasteiger partial charge in [-0.3, -0.25) is 5.32 Å². The van der Waals surface area contributed by atoms with Gasteiger partial charge in [0.25, 0.3) is 0 Å². The van der Waals surface area contributed by atoms with Crippen LogP contribution >= 0.6 is 22.7 Å². The molecule has 0 fully saturated rings. The van der Waals surface area contributed by atoms with Crippen LogP contribution in [-0.4, -0.2) is 26.2 Å². The van der Waals surface area contributed by atoms with Crippen molar-refractivity contribution < 1.29 is 4.79 Å². The fraction of sp³-hybridized carbons (Fsp3) is 0.167. The average molecular weight is 320 g/mol. The third-order valence-corrected chi connectivity index (χ3v) is 4.43. The monoisotopic (exact) mass is 320 g/mol. The number of carbonyl (C=O) groups excluding carboxylic acids is 1. The van der Waals surface area contributed by atoms with Crippen molar-refractivity contribution >= 4 is 33.8 Å². The first-order valence-electron chi connectivity index (χ1n) is 6.13. The fourth-order valence-corrected chi connectivity index (χ4v) is 3.17. The fourth-order valence-electron chi connectivity index (χ4n) is 1.64. The summed E-state index contributed by atoms with van der Waals surface area (Å²) in [5, 5.41) is 16.6. The van der Waals surface area contributed by atoms with Gasteiger partial charge < -0.3 is 10.3 Å². The Labute approximate surface area is 128 Å². The topological polar surface area (TPSA) is 95.6 Å². The Kier molecular flexibility index (Phi) is 3.93. The predicted octanol–water partition coefficient (Wildman–Crippen LogP) is 2.62. The molecule has 0 radical (unpaired) electrons. The molecule has 0 aliphatic heterocycles. The molecule has 0 aliphatic rings. The van der Waals surface area contributed by atoms with Gasteiger partial charge in [0.1, 0.15) is 5.82 Å². The van der Waals surface area contributed by atoms with E-state index in [2.05, 4.69) is 30.8 Å². The van der Waals surface area contributed by atoms with Crippen LogP contribution in [0.25, 0.3) is 9.88 Å². The first kappa shape index (κ1) is 13.7. The molecule has 0 unspecified atom stereocenters. The number of urea groups is 1. The van der Waals surface area contributed by atoms with Gasteiger partial charge in [-0.15, -0.1) is 21.5 Å². The standard InChI is InChI=1S/C12H12N6OS2/c1-7-5-13-9(15-7)6-14-11(19)16-12-18-17-10(21-12)8-3-2-4-20-8/h2-5H,6H2,1H3,(H,13,15)(H2,14,16,18,19). The zero-order chi connectivity index (χ0) is 14.7. The number of hydrogen-bond donors (Lipinski definition) is 3. The lowest BCUT2D eigenvalue weighted by Crippen LogP contribution is -2.28. The van der Waals surface area contributed by atoms with E-state index >= 15 is 0 Å². The van der Waals surface area contributed by atoms with Crippen molar-refractivity contribution in [1.29, 1.82) is 0 Å². The minimum absolute atomic E-state index is 0.330. The summed E-state index contributed by atoms with van der Waals surface area (Å²) in [5.74, 6) is 0.708. The molecule has 0 spiro atoms. The van der Waals surface area contributed by atoms with Gasteiger partial charge in [-0.25, -0.2) is 9.78 Å². The largest absolute Gasteiger partial charge is 0.345 e. The van der Waals surface area contributed by atoms with E-state index in [4.69, 9.17) is 0 Å². The molecule has 3 rings (SSSR count). The van der Waals surface area contributed by atoms with Crippen LogP contribution in [0, 0.1) is 6.92 Å². The number of carbonyl (C=O) groups is 1. The molecule has 3 aromatic heterocycles. The summed E-state index contributed by atoms with van der Waals surface area (Å²) in [6.45, 7) is 2.24. The number of hydrogen-bond acceptors (Lipinski definition) is 6. The SMILES string of the molecule is Cc1cnc(CNC(=O)Nc2nnc(-c3cccs3)s2)[nH]1. The van der Waals surface area contributed by atoms with E-state index in [1.165, 1.54) is 11.3 Å². The molecule has 3 N–H and O–H groups in total. The molecule has 0 aromatic carbocycles. The van der Waals surface area contributed by atoms with Crippen molar-refractivity contribution in [2.75, 3.05) is 5.32 Å². The van der Waals surface area contributed by atoms with Crippen LogP contribution in [-0.2, 0) is 6.54 Å². The summed E-state index contributed by atoms with van der Waals surface area (Å²) < 4.78 is 0. The number of nitrogens with one attached hydrogen (secondary N) is 3. The van der Waals surface area contributed by atoms with E-state index in [0.29, 0.717) is 17.5 Å². The molecule has 2 amide bonds. The second-order valence-electron chi connectivity index (χ2n) is 4.21. The third-order valence-electron chi connectivity index (χ3n) is 2.55. The third kappa shape index (κ3) is 3.44. The van der Waals surface area contributed by atoms with Crippen molar-refractivity contribution in [3.8, 4) is 9.88 Å². The summed E-state index contributed by atoms with van der Waals surface area (Å²) in [6, 6.07) is 3.58. The lowest BCUT2D eigenvalue weighted by molar-refractivity contribution is 0.251. The average Bonchev–Trinajstić information content (AvgIpc) is 3.16. The number of nitrogens with zero attached hydrogens (tertiary/aromatic N) is 3. The number of H-pyrrole nitrogens is 1. The second-order valence-corrected chi connectivity index (χ2v) is 6.14. The lowest BCUT2D eigenvalue weighted by Gasteiger charge is -2.02. The van der Waals surface area contributed by atoms with E-state index in [-0.39, 0.29) is 6.03 Å². The van der Waals surface area contributed by atoms with Gasteiger partial charge >= 0.3 is 6.03 Å². The van der Waals surface area contributed by atoms with Crippen LogP contribution in [0.15, 0.2) is 23.7 Å². The Balaban J connectivity index is 1.55. The van der Waals surface area contributed by atoms with Crippen molar-refractivity contribution in [3.63, 3.8) is 0 Å². The summed E-state index contributed by atoms with van der Waals surface area (Å²) in [5.41, 5.74) is 0.955. The summed E-state index contributed by atoms with van der Waals surface area (Å²) in [7, 11) is 0. The van der Waals surface area contributed by atoms with Crippen LogP contribution < -0.4 is 10.6 Å². The van der Waals surface area contributed by atoms with Crippen molar-refractivity contribution in [3.05, 3.63) is 35.2 Å². The van der Waals surface area contributed by atoms with Gasteiger partial charge in [0.05, 0.1) is 11.4 Å². The quantitative estimate of drug-likeness (QED) is 0.688. The summed E-state index contributed by atoms with van der Waals surface area (Å²) >= 11 is 2.92. The Bertz CT molecular complexity index is 733. The molecule has 0 atom stereocenters. The smallest absolute Gasteiger partial charge is 0.321 e. The molecular weight excluding hydrogens is 308 g/mol. The van der Waals surface area contributed by atoms with Crippen molar-refractivity contribution in [2.24, 2.45) is 0 Å². The zero-order valence-electron chi connectivity index (χ0n) is 11.1. The number of aromatic amines is 1. The molecule has 0 saturated carbocycles. The van der Waals surface area contributed by atoms with Gasteiger partial charge in [-0.2, -0.15) is 0 Å². The van der Waals surface area contributed by atoms with Crippen LogP contribution in [0.2, 0.25) is 0 Å². The molecule has 108 valence electrons. The van der Waals surface area contributed by atoms with E-state index < -0.39 is 0 Å². The van der Waals surface area contributed by atoms with E-state index in [1.807, 2.05) is 24.4 Å². The van der Waals surface area contributed by atoms with E-state index in [1.54, 1.807) is 17.5 Å². The molecule has 9 heteroatoms. The minimum Gasteiger partial charge on any atom is -0.345 e. The number of anilines is 1. The Hall–Kier alpha value is -2.26. The Morgan fingerprint density at radius 3 is 3.05 bits per heavy atom. The highest BCUT2D eigenvalue weighted by Crippen LogP contribution is 2.29. The van der Waals surface area contributed by atoms with Gasteiger partial charge in [0.2, 0.25) is 5.13 Å². The van der Waals surface area contributed by atoms with Crippen LogP contribution in [0.5, 0.6) is 0 Å². The number of imidazole rings is 1. The summed E-state index contributed by atoms with van der Waals surface area (Å²) in [6.07, 6.45) is 1.72. The maximum absolute atomic E-state index is 11.8. The Morgan fingerprint density at radius 2 is 2.33 bits per heavy atom. The maximum Gasteiger partial charge on any atom is 0.321 e. The van der Waals surface area contributed by atoms with Gasteiger partial charge in [0, 0.05) is 11.9 Å². The number of aromatic nitrogens is 4. The second kappa shape index (κ2) is 6.02. The number of rotatable bonds is 4. The molecule has 21 heavy (non-hydrogen) atoms. The van der Waals surface area contributed by atoms with Crippen LogP contribution in [0.1, 0.15) is 11.5 Å². The number of amides is 2. The molecule has 0 aliphatic carbocycles. The van der Waals surface area contributed by atoms with Crippen LogP contribution in [0.3, 0.4) is 0 Å². The number of aryl methyl sites for hydroxylation is 1. The predicted molar refractivity (Wildman–Crippen MR) is 82.4 cm³/mol. The molecule has 0 saturated heterocycles. The lowest BCUT2D eigenvalue weighted by atomic mass is 10.5. The highest BCUT2D eigenvalue weighted by atomic mass is 32.1. The highest BCUT2D eigenvalue weighted by molar-refractivity contribution is 7.23. The van der Waals surface area contributed by atoms with Crippen molar-refractivity contribution in [2.45, 2.75) is 13.5 Å². The molecule has 3 aromatic rings. The first-order chi connectivity index (χ1) is 10.2. The van der Waals surface area contributed by atoms with E-state index in [0.717, 1.165) is 15.6 Å². The van der Waals surface area contributed by atoms with Crippen molar-refractivity contribution in [1.82, 2.24) is 25.5 Å². The van der Waals surface area contributed by atoms with Gasteiger partial charge in [0.15, 0.2) is 5.01 Å². The molecule has 0 bridgehead atoms. The Morgan fingerprint density at radius 1 is 1.43 bits per heavy atom. The molecule has 3 heterocycles. The first-order valence-corrected chi connectivity index (χ1v) is 7.83. The van der Waals surface area contributed by atoms with Gasteiger partial charge in [-0.1, -0.05) is 17.4 Å². The molecular formula is C12H12N6OS2. The highest BCUT2D eigenvalue weighted by Gasteiger charge is 2.10. The maximum atomic E-state index is 11.8. The van der Waals surface area contributed by atoms with E-state index in [9.17, 15) is 4.79 Å². The molecule has 7 nitrogen and oxygen atoms in total. The normalized spacial score (nSPS) is 10.5. The zero-order valence-corrected chi connectivity index (χ0v) is 12.7. The van der Waals surface area contributed by atoms with Gasteiger partial charge in [-0.05, 0) is 18.4 Å². The van der Waals surface area contributed by atoms with Crippen LogP contribution in [0.4, 0.5) is 9.93 Å².